The van der Waals surface area contributed by atoms with Crippen molar-refractivity contribution in [3.05, 3.63) is 65.7 Å². The van der Waals surface area contributed by atoms with E-state index in [1.165, 1.54) is 12.1 Å². The van der Waals surface area contributed by atoms with Crippen LogP contribution >= 0.6 is 0 Å². The van der Waals surface area contributed by atoms with Crippen LogP contribution in [0.3, 0.4) is 0 Å². The Labute approximate surface area is 105 Å². The van der Waals surface area contributed by atoms with Crippen molar-refractivity contribution in [2.75, 3.05) is 0 Å². The van der Waals surface area contributed by atoms with E-state index in [0.29, 0.717) is 5.06 Å². The average molecular weight is 243 g/mol. The van der Waals surface area contributed by atoms with E-state index < -0.39 is 5.91 Å². The molecule has 4 heteroatoms. The Morgan fingerprint density at radius 3 is 2.28 bits per heavy atom. The van der Waals surface area contributed by atoms with Gasteiger partial charge in [-0.05, 0) is 17.7 Å². The van der Waals surface area contributed by atoms with Gasteiger partial charge in [0, 0.05) is 0 Å². The summed E-state index contributed by atoms with van der Waals surface area (Å²) in [6.45, 7) is 0.0774. The third-order valence-corrected chi connectivity index (χ3v) is 2.54. The summed E-state index contributed by atoms with van der Waals surface area (Å²) in [6.07, 6.45) is 0. The first-order chi connectivity index (χ1) is 8.68. The highest BCUT2D eigenvalue weighted by molar-refractivity contribution is 5.95. The maximum absolute atomic E-state index is 11.9. The summed E-state index contributed by atoms with van der Waals surface area (Å²) in [7, 11) is 0. The number of hydroxylamine groups is 2. The monoisotopic (exact) mass is 243 g/mol. The zero-order valence-corrected chi connectivity index (χ0v) is 9.65. The summed E-state index contributed by atoms with van der Waals surface area (Å²) in [5.41, 5.74) is 0.889. The second kappa shape index (κ2) is 5.33. The number of nitrogens with zero attached hydrogens (tertiary/aromatic N) is 1. The third kappa shape index (κ3) is 2.67. The standard InChI is InChI=1S/C14H13NO3/c16-13-9-5-4-8-12(13)14(17)15(18)10-11-6-2-1-3-7-11/h1-9,16,18H,10H2. The molecule has 0 aliphatic heterocycles. The van der Waals surface area contributed by atoms with Crippen molar-refractivity contribution in [3.8, 4) is 5.75 Å². The summed E-state index contributed by atoms with van der Waals surface area (Å²) in [6, 6.07) is 15.2. The molecule has 0 aromatic heterocycles. The predicted molar refractivity (Wildman–Crippen MR) is 66.2 cm³/mol. The van der Waals surface area contributed by atoms with Crippen LogP contribution in [0, 0.1) is 0 Å². The van der Waals surface area contributed by atoms with E-state index in [-0.39, 0.29) is 17.9 Å². The second-order valence-corrected chi connectivity index (χ2v) is 3.87. The molecule has 4 nitrogen and oxygen atoms in total. The molecule has 92 valence electrons. The lowest BCUT2D eigenvalue weighted by molar-refractivity contribution is -0.0649. The fraction of sp³-hybridized carbons (Fsp3) is 0.0714. The van der Waals surface area contributed by atoms with E-state index in [0.717, 1.165) is 5.56 Å². The first-order valence-corrected chi connectivity index (χ1v) is 5.51. The van der Waals surface area contributed by atoms with Crippen LogP contribution in [0.1, 0.15) is 15.9 Å². The zero-order chi connectivity index (χ0) is 13.0. The topological polar surface area (TPSA) is 60.8 Å². The first kappa shape index (κ1) is 12.1. The van der Waals surface area contributed by atoms with E-state index in [1.807, 2.05) is 18.2 Å². The minimum Gasteiger partial charge on any atom is -0.507 e. The largest absolute Gasteiger partial charge is 0.507 e. The number of amides is 1. The van der Waals surface area contributed by atoms with Crippen LogP contribution in [-0.4, -0.2) is 21.3 Å². The molecule has 0 aliphatic carbocycles. The van der Waals surface area contributed by atoms with E-state index in [4.69, 9.17) is 0 Å². The minimum atomic E-state index is -0.628. The van der Waals surface area contributed by atoms with Gasteiger partial charge in [0.25, 0.3) is 5.91 Å². The van der Waals surface area contributed by atoms with Gasteiger partial charge in [-0.1, -0.05) is 42.5 Å². The number of para-hydroxylation sites is 1. The lowest BCUT2D eigenvalue weighted by atomic mass is 10.1. The Morgan fingerprint density at radius 1 is 1.00 bits per heavy atom. The Kier molecular flexibility index (Phi) is 3.60. The second-order valence-electron chi connectivity index (χ2n) is 3.87. The zero-order valence-electron chi connectivity index (χ0n) is 9.65. The van der Waals surface area contributed by atoms with Gasteiger partial charge in [-0.25, -0.2) is 5.06 Å². The number of phenols is 1. The van der Waals surface area contributed by atoms with Crippen LogP contribution in [0.15, 0.2) is 54.6 Å². The summed E-state index contributed by atoms with van der Waals surface area (Å²) in [5.74, 6) is -0.772. The molecule has 0 saturated heterocycles. The van der Waals surface area contributed by atoms with Gasteiger partial charge < -0.3 is 5.11 Å². The molecule has 2 aromatic carbocycles. The number of aromatic hydroxyl groups is 1. The van der Waals surface area contributed by atoms with Crippen molar-refractivity contribution < 1.29 is 15.1 Å². The summed E-state index contributed by atoms with van der Waals surface area (Å²) in [5, 5.41) is 19.8. The van der Waals surface area contributed by atoms with Gasteiger partial charge in [0.15, 0.2) is 0 Å². The smallest absolute Gasteiger partial charge is 0.281 e. The number of carbonyl (C=O) groups excluding carboxylic acids is 1. The fourth-order valence-electron chi connectivity index (χ4n) is 1.62. The van der Waals surface area contributed by atoms with Gasteiger partial charge in [-0.15, -0.1) is 0 Å². The van der Waals surface area contributed by atoms with Crippen molar-refractivity contribution in [2.45, 2.75) is 6.54 Å². The minimum absolute atomic E-state index is 0.0774. The predicted octanol–water partition coefficient (Wildman–Crippen LogP) is 2.42. The molecule has 2 rings (SSSR count). The molecule has 1 amide bonds. The molecule has 0 unspecified atom stereocenters. The lowest BCUT2D eigenvalue weighted by Gasteiger charge is -2.15. The molecule has 0 atom stereocenters. The Morgan fingerprint density at radius 2 is 1.61 bits per heavy atom. The quantitative estimate of drug-likeness (QED) is 0.643. The van der Waals surface area contributed by atoms with Gasteiger partial charge in [-0.3, -0.25) is 10.0 Å². The van der Waals surface area contributed by atoms with Crippen LogP contribution in [-0.2, 0) is 6.54 Å². The molecule has 18 heavy (non-hydrogen) atoms. The van der Waals surface area contributed by atoms with Gasteiger partial charge in [-0.2, -0.15) is 0 Å². The van der Waals surface area contributed by atoms with E-state index >= 15 is 0 Å². The lowest BCUT2D eigenvalue weighted by Crippen LogP contribution is -2.26. The molecule has 0 spiro atoms. The van der Waals surface area contributed by atoms with Crippen molar-refractivity contribution in [1.29, 1.82) is 0 Å². The summed E-state index contributed by atoms with van der Waals surface area (Å²) >= 11 is 0. The van der Waals surface area contributed by atoms with Gasteiger partial charge >= 0.3 is 0 Å². The Bertz CT molecular complexity index is 540. The Balaban J connectivity index is 2.13. The molecular weight excluding hydrogens is 230 g/mol. The SMILES string of the molecule is O=C(c1ccccc1O)N(O)Cc1ccccc1. The van der Waals surface area contributed by atoms with Crippen LogP contribution < -0.4 is 0 Å². The fourth-order valence-corrected chi connectivity index (χ4v) is 1.62. The number of phenolic OH excluding ortho intramolecular Hbond substituents is 1. The normalized spacial score (nSPS) is 10.1. The van der Waals surface area contributed by atoms with Crippen molar-refractivity contribution in [2.24, 2.45) is 0 Å². The molecule has 0 bridgehead atoms. The molecule has 2 aromatic rings. The van der Waals surface area contributed by atoms with E-state index in [2.05, 4.69) is 0 Å². The average Bonchev–Trinajstić information content (AvgIpc) is 2.39. The molecule has 2 N–H and O–H groups in total. The van der Waals surface area contributed by atoms with E-state index in [9.17, 15) is 15.1 Å². The van der Waals surface area contributed by atoms with Crippen molar-refractivity contribution >= 4 is 5.91 Å². The highest BCUT2D eigenvalue weighted by atomic mass is 16.5. The van der Waals surface area contributed by atoms with Gasteiger partial charge in [0.2, 0.25) is 0 Å². The molecule has 0 heterocycles. The number of carbonyl (C=O) groups is 1. The third-order valence-electron chi connectivity index (χ3n) is 2.54. The highest BCUT2D eigenvalue weighted by Gasteiger charge is 2.16. The maximum Gasteiger partial charge on any atom is 0.281 e. The van der Waals surface area contributed by atoms with Gasteiger partial charge in [0.1, 0.15) is 5.75 Å². The number of hydrogen-bond donors (Lipinski definition) is 2. The Hall–Kier alpha value is -2.33. The first-order valence-electron chi connectivity index (χ1n) is 5.51. The van der Waals surface area contributed by atoms with Crippen LogP contribution in [0.25, 0.3) is 0 Å². The number of hydrogen-bond acceptors (Lipinski definition) is 3. The number of benzene rings is 2. The molecule has 0 aliphatic rings. The van der Waals surface area contributed by atoms with Crippen molar-refractivity contribution in [3.63, 3.8) is 0 Å². The summed E-state index contributed by atoms with van der Waals surface area (Å²) in [4.78, 5) is 11.9. The van der Waals surface area contributed by atoms with E-state index in [1.54, 1.807) is 24.3 Å². The van der Waals surface area contributed by atoms with Crippen LogP contribution in [0.2, 0.25) is 0 Å². The molecule has 0 fully saturated rings. The molecule has 0 radical (unpaired) electrons. The van der Waals surface area contributed by atoms with Crippen molar-refractivity contribution in [1.82, 2.24) is 5.06 Å². The molecule has 0 saturated carbocycles. The summed E-state index contributed by atoms with van der Waals surface area (Å²) < 4.78 is 0. The highest BCUT2D eigenvalue weighted by Crippen LogP contribution is 2.18. The van der Waals surface area contributed by atoms with Crippen LogP contribution in [0.4, 0.5) is 0 Å². The van der Waals surface area contributed by atoms with Gasteiger partial charge in [0.05, 0.1) is 12.1 Å². The number of rotatable bonds is 3. The van der Waals surface area contributed by atoms with Crippen LogP contribution in [0.5, 0.6) is 5.75 Å². The molecular formula is C14H13NO3. The maximum atomic E-state index is 11.9.